The van der Waals surface area contributed by atoms with Gasteiger partial charge in [-0.15, -0.1) is 0 Å². The average molecular weight is 254 g/mol. The van der Waals surface area contributed by atoms with E-state index in [0.717, 1.165) is 34.1 Å². The van der Waals surface area contributed by atoms with Gasteiger partial charge in [-0.3, -0.25) is 0 Å². The SMILES string of the molecule is Fc1cc(-c2ccc3occc3c2)cc2c1OCC2. The second kappa shape index (κ2) is 3.85. The van der Waals surface area contributed by atoms with Crippen molar-refractivity contribution >= 4 is 11.0 Å². The first-order valence-electron chi connectivity index (χ1n) is 6.24. The van der Waals surface area contributed by atoms with E-state index in [1.165, 1.54) is 6.07 Å². The van der Waals surface area contributed by atoms with Crippen LogP contribution in [0.5, 0.6) is 5.75 Å². The predicted molar refractivity (Wildman–Crippen MR) is 70.8 cm³/mol. The molecule has 0 saturated carbocycles. The van der Waals surface area contributed by atoms with Gasteiger partial charge in [0.05, 0.1) is 12.9 Å². The summed E-state index contributed by atoms with van der Waals surface area (Å²) in [6.45, 7) is 0.566. The first-order chi connectivity index (χ1) is 9.31. The Morgan fingerprint density at radius 2 is 1.95 bits per heavy atom. The van der Waals surface area contributed by atoms with E-state index in [4.69, 9.17) is 9.15 Å². The molecular weight excluding hydrogens is 243 g/mol. The number of hydrogen-bond donors (Lipinski definition) is 0. The van der Waals surface area contributed by atoms with Crippen LogP contribution in [0.2, 0.25) is 0 Å². The Kier molecular flexibility index (Phi) is 2.15. The molecule has 0 amide bonds. The third-order valence-corrected chi connectivity index (χ3v) is 3.52. The van der Waals surface area contributed by atoms with Crippen LogP contribution in [0.3, 0.4) is 0 Å². The van der Waals surface area contributed by atoms with Gasteiger partial charge in [0.15, 0.2) is 11.6 Å². The van der Waals surface area contributed by atoms with Crippen LogP contribution < -0.4 is 4.74 Å². The standard InChI is InChI=1S/C16H11FO2/c17-14-9-13(8-12-4-6-19-16(12)14)10-1-2-15-11(7-10)3-5-18-15/h1-3,5,7-9H,4,6H2. The summed E-state index contributed by atoms with van der Waals surface area (Å²) in [5.41, 5.74) is 3.66. The lowest BCUT2D eigenvalue weighted by molar-refractivity contribution is 0.339. The average Bonchev–Trinajstić information content (AvgIpc) is 3.06. The van der Waals surface area contributed by atoms with E-state index in [0.29, 0.717) is 12.4 Å². The molecule has 0 aliphatic carbocycles. The first-order valence-corrected chi connectivity index (χ1v) is 6.24. The van der Waals surface area contributed by atoms with E-state index >= 15 is 0 Å². The van der Waals surface area contributed by atoms with Gasteiger partial charge < -0.3 is 9.15 Å². The molecule has 2 aromatic carbocycles. The summed E-state index contributed by atoms with van der Waals surface area (Å²) >= 11 is 0. The topological polar surface area (TPSA) is 22.4 Å². The normalized spacial score (nSPS) is 13.5. The molecule has 0 N–H and O–H groups in total. The van der Waals surface area contributed by atoms with E-state index in [1.54, 1.807) is 6.26 Å². The maximum absolute atomic E-state index is 13.9. The molecule has 0 radical (unpaired) electrons. The van der Waals surface area contributed by atoms with Gasteiger partial charge in [-0.2, -0.15) is 0 Å². The lowest BCUT2D eigenvalue weighted by Gasteiger charge is -2.06. The molecule has 94 valence electrons. The predicted octanol–water partition coefficient (Wildman–Crippen LogP) is 4.17. The Balaban J connectivity index is 1.89. The van der Waals surface area contributed by atoms with Gasteiger partial charge in [0, 0.05) is 17.4 Å². The molecule has 0 spiro atoms. The summed E-state index contributed by atoms with van der Waals surface area (Å²) in [4.78, 5) is 0. The lowest BCUT2D eigenvalue weighted by atomic mass is 10.0. The molecule has 3 heteroatoms. The monoisotopic (exact) mass is 254 g/mol. The van der Waals surface area contributed by atoms with Crippen molar-refractivity contribution in [2.45, 2.75) is 6.42 Å². The maximum atomic E-state index is 13.9. The van der Waals surface area contributed by atoms with Crippen molar-refractivity contribution in [3.05, 3.63) is 54.0 Å². The van der Waals surface area contributed by atoms with Crippen LogP contribution in [0.25, 0.3) is 22.1 Å². The molecule has 0 saturated heterocycles. The molecule has 1 aromatic heterocycles. The molecule has 2 nitrogen and oxygen atoms in total. The summed E-state index contributed by atoms with van der Waals surface area (Å²) < 4.78 is 24.5. The molecule has 3 aromatic rings. The number of benzene rings is 2. The lowest BCUT2D eigenvalue weighted by Crippen LogP contribution is -1.89. The molecule has 0 fully saturated rings. The van der Waals surface area contributed by atoms with Crippen molar-refractivity contribution in [2.24, 2.45) is 0 Å². The van der Waals surface area contributed by atoms with Crippen LogP contribution in [0.4, 0.5) is 4.39 Å². The number of rotatable bonds is 1. The third-order valence-electron chi connectivity index (χ3n) is 3.52. The van der Waals surface area contributed by atoms with Crippen molar-refractivity contribution in [1.29, 1.82) is 0 Å². The Morgan fingerprint density at radius 3 is 2.89 bits per heavy atom. The Hall–Kier alpha value is -2.29. The van der Waals surface area contributed by atoms with E-state index in [2.05, 4.69) is 0 Å². The van der Waals surface area contributed by atoms with Crippen molar-refractivity contribution in [3.63, 3.8) is 0 Å². The van der Waals surface area contributed by atoms with Gasteiger partial charge in [0.25, 0.3) is 0 Å². The van der Waals surface area contributed by atoms with Crippen LogP contribution in [-0.2, 0) is 6.42 Å². The fourth-order valence-electron chi connectivity index (χ4n) is 2.57. The molecule has 2 heterocycles. The minimum Gasteiger partial charge on any atom is -0.490 e. The van der Waals surface area contributed by atoms with Gasteiger partial charge in [-0.25, -0.2) is 4.39 Å². The van der Waals surface area contributed by atoms with Gasteiger partial charge in [0.2, 0.25) is 0 Å². The largest absolute Gasteiger partial charge is 0.490 e. The van der Waals surface area contributed by atoms with Crippen LogP contribution in [0, 0.1) is 5.82 Å². The van der Waals surface area contributed by atoms with E-state index in [9.17, 15) is 4.39 Å². The van der Waals surface area contributed by atoms with Crippen molar-refractivity contribution in [2.75, 3.05) is 6.61 Å². The van der Waals surface area contributed by atoms with E-state index < -0.39 is 0 Å². The fraction of sp³-hybridized carbons (Fsp3) is 0.125. The molecule has 0 unspecified atom stereocenters. The molecule has 1 aliphatic rings. The second-order valence-electron chi connectivity index (χ2n) is 4.72. The summed E-state index contributed by atoms with van der Waals surface area (Å²) in [7, 11) is 0. The van der Waals surface area contributed by atoms with Crippen LogP contribution in [-0.4, -0.2) is 6.61 Å². The van der Waals surface area contributed by atoms with E-state index in [-0.39, 0.29) is 5.82 Å². The quantitative estimate of drug-likeness (QED) is 0.650. The number of hydrogen-bond acceptors (Lipinski definition) is 2. The number of ether oxygens (including phenoxy) is 1. The van der Waals surface area contributed by atoms with Gasteiger partial charge in [-0.1, -0.05) is 6.07 Å². The summed E-state index contributed by atoms with van der Waals surface area (Å²) in [5, 5.41) is 1.02. The zero-order valence-corrected chi connectivity index (χ0v) is 10.2. The Bertz CT molecular complexity index is 774. The zero-order chi connectivity index (χ0) is 12.8. The fourth-order valence-corrected chi connectivity index (χ4v) is 2.57. The van der Waals surface area contributed by atoms with Crippen molar-refractivity contribution in [3.8, 4) is 16.9 Å². The molecular formula is C16H11FO2. The number of halogens is 1. The van der Waals surface area contributed by atoms with Crippen molar-refractivity contribution in [1.82, 2.24) is 0 Å². The second-order valence-corrected chi connectivity index (χ2v) is 4.72. The highest BCUT2D eigenvalue weighted by Crippen LogP contribution is 2.34. The molecule has 0 bridgehead atoms. The van der Waals surface area contributed by atoms with Crippen LogP contribution in [0.15, 0.2) is 47.1 Å². The first kappa shape index (κ1) is 10.6. The van der Waals surface area contributed by atoms with Crippen LogP contribution in [0.1, 0.15) is 5.56 Å². The van der Waals surface area contributed by atoms with Gasteiger partial charge in [-0.05, 0) is 41.5 Å². The zero-order valence-electron chi connectivity index (χ0n) is 10.2. The van der Waals surface area contributed by atoms with Crippen molar-refractivity contribution < 1.29 is 13.5 Å². The molecule has 4 rings (SSSR count). The molecule has 1 aliphatic heterocycles. The minimum absolute atomic E-state index is 0.280. The van der Waals surface area contributed by atoms with E-state index in [1.807, 2.05) is 30.3 Å². The van der Waals surface area contributed by atoms with Gasteiger partial charge in [0.1, 0.15) is 5.58 Å². The highest BCUT2D eigenvalue weighted by Gasteiger charge is 2.18. The van der Waals surface area contributed by atoms with Crippen LogP contribution >= 0.6 is 0 Å². The smallest absolute Gasteiger partial charge is 0.165 e. The third kappa shape index (κ3) is 1.62. The maximum Gasteiger partial charge on any atom is 0.165 e. The highest BCUT2D eigenvalue weighted by molar-refractivity contribution is 5.83. The molecule has 0 atom stereocenters. The number of furan rings is 1. The number of fused-ring (bicyclic) bond motifs is 2. The summed E-state index contributed by atoms with van der Waals surface area (Å²) in [6.07, 6.45) is 2.43. The minimum atomic E-state index is -0.280. The highest BCUT2D eigenvalue weighted by atomic mass is 19.1. The Morgan fingerprint density at radius 1 is 1.00 bits per heavy atom. The van der Waals surface area contributed by atoms with Gasteiger partial charge >= 0.3 is 0 Å². The molecule has 19 heavy (non-hydrogen) atoms. The summed E-state index contributed by atoms with van der Waals surface area (Å²) in [5.74, 6) is 0.130. The summed E-state index contributed by atoms with van der Waals surface area (Å²) in [6, 6.07) is 11.3. The Labute approximate surface area is 109 Å².